The first-order chi connectivity index (χ1) is 9.61. The molecular weight excluding hydrogens is 257 g/mol. The van der Waals surface area contributed by atoms with Crippen LogP contribution in [-0.2, 0) is 0 Å². The maximum atomic E-state index is 13.3. The third-order valence-corrected chi connectivity index (χ3v) is 3.54. The summed E-state index contributed by atoms with van der Waals surface area (Å²) in [6.07, 6.45) is 2.45. The lowest BCUT2D eigenvalue weighted by Crippen LogP contribution is -2.29. The van der Waals surface area contributed by atoms with Crippen molar-refractivity contribution in [2.24, 2.45) is 11.8 Å². The molecule has 0 spiro atoms. The highest BCUT2D eigenvalue weighted by molar-refractivity contribution is 5.96. The topological polar surface area (TPSA) is 49.3 Å². The normalized spacial score (nSPS) is 15.2. The zero-order chi connectivity index (χ0) is 14.5. The number of aliphatic hydroxyl groups is 1. The predicted molar refractivity (Wildman–Crippen MR) is 74.6 cm³/mol. The summed E-state index contributed by atoms with van der Waals surface area (Å²) in [6.45, 7) is 2.40. The predicted octanol–water partition coefficient (Wildman–Crippen LogP) is 1.95. The van der Waals surface area contributed by atoms with Gasteiger partial charge in [0.15, 0.2) is 0 Å². The Balaban J connectivity index is 2.08. The number of rotatable bonds is 4. The van der Waals surface area contributed by atoms with Crippen LogP contribution in [0.4, 0.5) is 4.39 Å². The Kier molecular flexibility index (Phi) is 4.75. The van der Waals surface area contributed by atoms with Gasteiger partial charge in [-0.25, -0.2) is 4.39 Å². The minimum absolute atomic E-state index is 0.217. The fourth-order valence-corrected chi connectivity index (χ4v) is 2.13. The number of hydrogen-bond acceptors (Lipinski definition) is 2. The van der Waals surface area contributed by atoms with Gasteiger partial charge in [-0.05, 0) is 42.9 Å². The van der Waals surface area contributed by atoms with Crippen molar-refractivity contribution < 1.29 is 14.3 Å². The van der Waals surface area contributed by atoms with E-state index in [1.807, 2.05) is 0 Å². The summed E-state index contributed by atoms with van der Waals surface area (Å²) in [5, 5.41) is 11.5. The number of carbonyl (C=O) groups is 1. The molecule has 0 heterocycles. The van der Waals surface area contributed by atoms with E-state index in [0.717, 1.165) is 0 Å². The number of nitrogens with one attached hydrogen (secondary N) is 1. The first-order valence-corrected chi connectivity index (χ1v) is 6.79. The van der Waals surface area contributed by atoms with Crippen molar-refractivity contribution in [1.29, 1.82) is 0 Å². The first kappa shape index (κ1) is 14.5. The third kappa shape index (κ3) is 3.82. The summed E-state index contributed by atoms with van der Waals surface area (Å²) in [4.78, 5) is 12.1. The van der Waals surface area contributed by atoms with E-state index >= 15 is 0 Å². The minimum atomic E-state index is -0.472. The average Bonchev–Trinajstić information content (AvgIpc) is 3.27. The lowest BCUT2D eigenvalue weighted by Gasteiger charge is -2.12. The molecule has 0 aliphatic heterocycles. The minimum Gasteiger partial charge on any atom is -0.384 e. The third-order valence-electron chi connectivity index (χ3n) is 3.54. The SMILES string of the molecule is CC(CNC(=O)c1cc(F)ccc1C#CCO)C1CC1. The molecule has 0 radical (unpaired) electrons. The van der Waals surface area contributed by atoms with E-state index in [4.69, 9.17) is 5.11 Å². The zero-order valence-corrected chi connectivity index (χ0v) is 11.4. The quantitative estimate of drug-likeness (QED) is 0.825. The van der Waals surface area contributed by atoms with Gasteiger partial charge < -0.3 is 10.4 Å². The molecule has 0 bridgehead atoms. The summed E-state index contributed by atoms with van der Waals surface area (Å²) in [7, 11) is 0. The standard InChI is InChI=1S/C16H18FNO2/c1-11(12-4-5-12)10-18-16(20)15-9-14(17)7-6-13(15)3-2-8-19/h6-7,9,11-12,19H,4-5,8,10H2,1H3,(H,18,20). The highest BCUT2D eigenvalue weighted by Crippen LogP contribution is 2.36. The van der Waals surface area contributed by atoms with Crippen LogP contribution in [0.3, 0.4) is 0 Å². The molecule has 0 aromatic heterocycles. The molecule has 1 fully saturated rings. The van der Waals surface area contributed by atoms with Crippen LogP contribution in [-0.4, -0.2) is 24.2 Å². The molecule has 1 amide bonds. The first-order valence-electron chi connectivity index (χ1n) is 6.79. The van der Waals surface area contributed by atoms with Gasteiger partial charge in [0, 0.05) is 12.1 Å². The molecular formula is C16H18FNO2. The zero-order valence-electron chi connectivity index (χ0n) is 11.4. The van der Waals surface area contributed by atoms with E-state index in [1.54, 1.807) is 0 Å². The van der Waals surface area contributed by atoms with Gasteiger partial charge in [-0.15, -0.1) is 0 Å². The van der Waals surface area contributed by atoms with E-state index in [-0.39, 0.29) is 18.1 Å². The number of hydrogen-bond donors (Lipinski definition) is 2. The Hall–Kier alpha value is -1.86. The highest BCUT2D eigenvalue weighted by atomic mass is 19.1. The number of halogens is 1. The van der Waals surface area contributed by atoms with Gasteiger partial charge in [0.1, 0.15) is 12.4 Å². The maximum Gasteiger partial charge on any atom is 0.252 e. The van der Waals surface area contributed by atoms with Crippen LogP contribution in [0.1, 0.15) is 35.7 Å². The van der Waals surface area contributed by atoms with Gasteiger partial charge in [0.05, 0.1) is 5.56 Å². The molecule has 106 valence electrons. The van der Waals surface area contributed by atoms with E-state index in [1.165, 1.54) is 31.0 Å². The van der Waals surface area contributed by atoms with Crippen LogP contribution >= 0.6 is 0 Å². The second kappa shape index (κ2) is 6.53. The number of aliphatic hydroxyl groups excluding tert-OH is 1. The van der Waals surface area contributed by atoms with Gasteiger partial charge in [-0.2, -0.15) is 0 Å². The summed E-state index contributed by atoms with van der Waals surface area (Å²) < 4.78 is 13.3. The van der Waals surface area contributed by atoms with Crippen molar-refractivity contribution in [2.45, 2.75) is 19.8 Å². The van der Waals surface area contributed by atoms with Crippen molar-refractivity contribution in [3.05, 3.63) is 35.1 Å². The second-order valence-corrected chi connectivity index (χ2v) is 5.17. The smallest absolute Gasteiger partial charge is 0.252 e. The van der Waals surface area contributed by atoms with Crippen molar-refractivity contribution >= 4 is 5.91 Å². The Bertz CT molecular complexity index is 555. The van der Waals surface area contributed by atoms with E-state index in [2.05, 4.69) is 24.1 Å². The van der Waals surface area contributed by atoms with Crippen LogP contribution in [0, 0.1) is 29.5 Å². The van der Waals surface area contributed by atoms with Crippen molar-refractivity contribution in [2.75, 3.05) is 13.2 Å². The molecule has 1 aromatic carbocycles. The summed E-state index contributed by atoms with van der Waals surface area (Å²) in [5.74, 6) is 5.50. The van der Waals surface area contributed by atoms with E-state index in [9.17, 15) is 9.18 Å². The van der Waals surface area contributed by atoms with Gasteiger partial charge >= 0.3 is 0 Å². The molecule has 2 rings (SSSR count). The number of carbonyl (C=O) groups excluding carboxylic acids is 1. The average molecular weight is 275 g/mol. The molecule has 1 aliphatic rings. The molecule has 3 nitrogen and oxygen atoms in total. The molecule has 1 aromatic rings. The Morgan fingerprint density at radius 3 is 2.95 bits per heavy atom. The lowest BCUT2D eigenvalue weighted by molar-refractivity contribution is 0.0946. The maximum absolute atomic E-state index is 13.3. The molecule has 1 atom stereocenters. The Morgan fingerprint density at radius 2 is 2.30 bits per heavy atom. The van der Waals surface area contributed by atoms with Gasteiger partial charge in [0.2, 0.25) is 0 Å². The summed E-state index contributed by atoms with van der Waals surface area (Å²) in [6, 6.07) is 3.89. The monoisotopic (exact) mass is 275 g/mol. The fourth-order valence-electron chi connectivity index (χ4n) is 2.13. The van der Waals surface area contributed by atoms with E-state index in [0.29, 0.717) is 23.9 Å². The molecule has 4 heteroatoms. The molecule has 1 unspecified atom stereocenters. The van der Waals surface area contributed by atoms with Gasteiger partial charge in [-0.1, -0.05) is 18.8 Å². The Labute approximate surface area is 118 Å². The largest absolute Gasteiger partial charge is 0.384 e. The fraction of sp³-hybridized carbons (Fsp3) is 0.438. The van der Waals surface area contributed by atoms with Crippen LogP contribution < -0.4 is 5.32 Å². The second-order valence-electron chi connectivity index (χ2n) is 5.17. The molecule has 2 N–H and O–H groups in total. The summed E-state index contributed by atoms with van der Waals surface area (Å²) in [5.41, 5.74) is 0.644. The number of amides is 1. The molecule has 20 heavy (non-hydrogen) atoms. The van der Waals surface area contributed by atoms with E-state index < -0.39 is 5.82 Å². The number of benzene rings is 1. The van der Waals surface area contributed by atoms with Gasteiger partial charge in [0.25, 0.3) is 5.91 Å². The highest BCUT2D eigenvalue weighted by Gasteiger charge is 2.28. The van der Waals surface area contributed by atoms with Crippen molar-refractivity contribution in [1.82, 2.24) is 5.32 Å². The van der Waals surface area contributed by atoms with Gasteiger partial charge in [-0.3, -0.25) is 4.79 Å². The van der Waals surface area contributed by atoms with Crippen molar-refractivity contribution in [3.63, 3.8) is 0 Å². The van der Waals surface area contributed by atoms with Crippen molar-refractivity contribution in [3.8, 4) is 11.8 Å². The summed E-state index contributed by atoms with van der Waals surface area (Å²) >= 11 is 0. The molecule has 1 aliphatic carbocycles. The molecule has 1 saturated carbocycles. The molecule has 0 saturated heterocycles. The van der Waals surface area contributed by atoms with Crippen LogP contribution in [0.25, 0.3) is 0 Å². The Morgan fingerprint density at radius 1 is 1.55 bits per heavy atom. The van der Waals surface area contributed by atoms with Crippen LogP contribution in [0.15, 0.2) is 18.2 Å². The van der Waals surface area contributed by atoms with Crippen LogP contribution in [0.2, 0.25) is 0 Å². The van der Waals surface area contributed by atoms with Crippen LogP contribution in [0.5, 0.6) is 0 Å². The lowest BCUT2D eigenvalue weighted by atomic mass is 10.0.